The van der Waals surface area contributed by atoms with Crippen LogP contribution in [0.3, 0.4) is 0 Å². The van der Waals surface area contributed by atoms with Crippen molar-refractivity contribution in [3.05, 3.63) is 63.4 Å². The number of nitrogens with zero attached hydrogens (tertiary/aromatic N) is 2. The molecule has 0 bridgehead atoms. The summed E-state index contributed by atoms with van der Waals surface area (Å²) >= 11 is 7.41. The number of carbonyl (C=O) groups excluding carboxylic acids is 1. The summed E-state index contributed by atoms with van der Waals surface area (Å²) < 4.78 is 6.48. The maximum Gasteiger partial charge on any atom is 0.316 e. The zero-order valence-electron chi connectivity index (χ0n) is 14.4. The molecule has 0 aliphatic heterocycles. The molecule has 134 valence electrons. The smallest absolute Gasteiger partial charge is 0.316 e. The third-order valence-electron chi connectivity index (χ3n) is 3.85. The minimum absolute atomic E-state index is 0.0677. The molecule has 2 aromatic carbocycles. The molecule has 1 aromatic heterocycles. The number of aromatic nitrogens is 2. The molecule has 1 heterocycles. The lowest BCUT2D eigenvalue weighted by Crippen LogP contribution is -2.23. The standard InChI is InChI=1S/C19H17ClN2O3S/c1-3-25-17(23)11-26-19-21-15-9-5-4-7-13(15)18(24)22(19)16-10-6-8-14(20)12(16)2/h4-10H,3,11H2,1-2H3. The predicted molar refractivity (Wildman–Crippen MR) is 104 cm³/mol. The highest BCUT2D eigenvalue weighted by atomic mass is 35.5. The van der Waals surface area contributed by atoms with Gasteiger partial charge in [0.05, 0.1) is 29.0 Å². The van der Waals surface area contributed by atoms with E-state index in [1.165, 1.54) is 16.3 Å². The molecule has 26 heavy (non-hydrogen) atoms. The molecule has 0 saturated carbocycles. The fourth-order valence-electron chi connectivity index (χ4n) is 2.59. The van der Waals surface area contributed by atoms with Gasteiger partial charge in [-0.15, -0.1) is 0 Å². The number of rotatable bonds is 5. The number of para-hydroxylation sites is 1. The molecule has 7 heteroatoms. The Morgan fingerprint density at radius 2 is 2.00 bits per heavy atom. The van der Waals surface area contributed by atoms with Crippen molar-refractivity contribution in [3.8, 4) is 5.69 Å². The Balaban J connectivity index is 2.19. The lowest BCUT2D eigenvalue weighted by Gasteiger charge is -2.15. The Morgan fingerprint density at radius 3 is 2.77 bits per heavy atom. The topological polar surface area (TPSA) is 61.2 Å². The van der Waals surface area contributed by atoms with Crippen molar-refractivity contribution < 1.29 is 9.53 Å². The molecule has 0 aliphatic rings. The van der Waals surface area contributed by atoms with E-state index >= 15 is 0 Å². The highest BCUT2D eigenvalue weighted by Gasteiger charge is 2.17. The molecule has 3 rings (SSSR count). The van der Waals surface area contributed by atoms with Gasteiger partial charge in [-0.3, -0.25) is 14.2 Å². The van der Waals surface area contributed by atoms with Gasteiger partial charge in [-0.25, -0.2) is 4.98 Å². The zero-order valence-corrected chi connectivity index (χ0v) is 15.9. The first-order valence-corrected chi connectivity index (χ1v) is 9.45. The van der Waals surface area contributed by atoms with Crippen LogP contribution < -0.4 is 5.56 Å². The number of fused-ring (bicyclic) bond motifs is 1. The second kappa shape index (κ2) is 7.93. The number of esters is 1. The summed E-state index contributed by atoms with van der Waals surface area (Å²) in [5.41, 5.74) is 1.80. The Morgan fingerprint density at radius 1 is 1.23 bits per heavy atom. The number of ether oxygens (including phenoxy) is 1. The number of hydrogen-bond donors (Lipinski definition) is 0. The van der Waals surface area contributed by atoms with E-state index in [9.17, 15) is 9.59 Å². The Hall–Kier alpha value is -2.31. The van der Waals surface area contributed by atoms with Gasteiger partial charge in [-0.2, -0.15) is 0 Å². The zero-order chi connectivity index (χ0) is 18.7. The summed E-state index contributed by atoms with van der Waals surface area (Å²) in [7, 11) is 0. The number of benzene rings is 2. The molecule has 0 saturated heterocycles. The van der Waals surface area contributed by atoms with Crippen LogP contribution >= 0.6 is 23.4 Å². The average Bonchev–Trinajstić information content (AvgIpc) is 2.63. The maximum atomic E-state index is 13.1. The van der Waals surface area contributed by atoms with E-state index in [0.717, 1.165) is 5.56 Å². The van der Waals surface area contributed by atoms with Gasteiger partial charge in [-0.1, -0.05) is 41.6 Å². The van der Waals surface area contributed by atoms with Crippen molar-refractivity contribution in [2.24, 2.45) is 0 Å². The van der Waals surface area contributed by atoms with Crippen molar-refractivity contribution in [1.29, 1.82) is 0 Å². The molecular formula is C19H17ClN2O3S. The molecule has 5 nitrogen and oxygen atoms in total. The number of halogens is 1. The summed E-state index contributed by atoms with van der Waals surface area (Å²) in [5.74, 6) is -0.285. The number of thioether (sulfide) groups is 1. The molecule has 0 spiro atoms. The van der Waals surface area contributed by atoms with Crippen LogP contribution in [0.4, 0.5) is 0 Å². The van der Waals surface area contributed by atoms with Crippen molar-refractivity contribution >= 4 is 40.2 Å². The maximum absolute atomic E-state index is 13.1. The number of carbonyl (C=O) groups is 1. The van der Waals surface area contributed by atoms with Crippen LogP contribution in [0.1, 0.15) is 12.5 Å². The second-order valence-corrected chi connectivity index (χ2v) is 6.88. The van der Waals surface area contributed by atoms with E-state index < -0.39 is 0 Å². The van der Waals surface area contributed by atoms with Crippen LogP contribution in [0.15, 0.2) is 52.4 Å². The van der Waals surface area contributed by atoms with Crippen LogP contribution in [0.25, 0.3) is 16.6 Å². The summed E-state index contributed by atoms with van der Waals surface area (Å²) in [6, 6.07) is 12.5. The Kier molecular flexibility index (Phi) is 5.64. The summed E-state index contributed by atoms with van der Waals surface area (Å²) in [5, 5.41) is 1.49. The fourth-order valence-corrected chi connectivity index (χ4v) is 3.56. The molecule has 0 atom stereocenters. The lowest BCUT2D eigenvalue weighted by atomic mass is 10.2. The Labute approximate surface area is 160 Å². The molecular weight excluding hydrogens is 372 g/mol. The van der Waals surface area contributed by atoms with Crippen molar-refractivity contribution in [1.82, 2.24) is 9.55 Å². The fraction of sp³-hybridized carbons (Fsp3) is 0.211. The normalized spacial score (nSPS) is 10.9. The third kappa shape index (κ3) is 3.61. The molecule has 0 amide bonds. The van der Waals surface area contributed by atoms with Crippen molar-refractivity contribution in [3.63, 3.8) is 0 Å². The van der Waals surface area contributed by atoms with Crippen molar-refractivity contribution in [2.45, 2.75) is 19.0 Å². The van der Waals surface area contributed by atoms with Gasteiger partial charge >= 0.3 is 5.97 Å². The average molecular weight is 389 g/mol. The summed E-state index contributed by atoms with van der Waals surface area (Å²) in [6.45, 7) is 3.91. The van der Waals surface area contributed by atoms with E-state index in [4.69, 9.17) is 16.3 Å². The van der Waals surface area contributed by atoms with Gasteiger partial charge in [-0.05, 0) is 43.7 Å². The SMILES string of the molecule is CCOC(=O)CSc1nc2ccccc2c(=O)n1-c1cccc(Cl)c1C. The van der Waals surface area contributed by atoms with Crippen molar-refractivity contribution in [2.75, 3.05) is 12.4 Å². The minimum Gasteiger partial charge on any atom is -0.465 e. The second-order valence-electron chi connectivity index (χ2n) is 5.53. The van der Waals surface area contributed by atoms with Crippen LogP contribution in [-0.2, 0) is 9.53 Å². The summed E-state index contributed by atoms with van der Waals surface area (Å²) in [4.78, 5) is 29.5. The molecule has 0 unspecified atom stereocenters. The van der Waals surface area contributed by atoms with E-state index in [1.807, 2.05) is 19.1 Å². The summed E-state index contributed by atoms with van der Waals surface area (Å²) in [6.07, 6.45) is 0. The molecule has 0 fully saturated rings. The van der Waals surface area contributed by atoms with E-state index in [1.54, 1.807) is 37.3 Å². The highest BCUT2D eigenvalue weighted by molar-refractivity contribution is 7.99. The van der Waals surface area contributed by atoms with Gasteiger partial charge in [0.2, 0.25) is 0 Å². The predicted octanol–water partition coefficient (Wildman–Crippen LogP) is 4.00. The van der Waals surface area contributed by atoms with Gasteiger partial charge in [0.25, 0.3) is 5.56 Å². The monoisotopic (exact) mass is 388 g/mol. The lowest BCUT2D eigenvalue weighted by molar-refractivity contribution is -0.139. The Bertz CT molecular complexity index is 1030. The van der Waals surface area contributed by atoms with Crippen LogP contribution in [0.2, 0.25) is 5.02 Å². The van der Waals surface area contributed by atoms with Crippen LogP contribution in [0, 0.1) is 6.92 Å². The van der Waals surface area contributed by atoms with Gasteiger partial charge in [0, 0.05) is 5.02 Å². The first-order valence-electron chi connectivity index (χ1n) is 8.08. The molecule has 0 N–H and O–H groups in total. The first-order chi connectivity index (χ1) is 12.5. The van der Waals surface area contributed by atoms with Crippen LogP contribution in [0.5, 0.6) is 0 Å². The van der Waals surface area contributed by atoms with E-state index in [0.29, 0.717) is 33.4 Å². The third-order valence-corrected chi connectivity index (χ3v) is 5.17. The van der Waals surface area contributed by atoms with Gasteiger partial charge in [0.1, 0.15) is 0 Å². The van der Waals surface area contributed by atoms with E-state index in [-0.39, 0.29) is 17.3 Å². The molecule has 3 aromatic rings. The largest absolute Gasteiger partial charge is 0.465 e. The van der Waals surface area contributed by atoms with E-state index in [2.05, 4.69) is 4.98 Å². The first kappa shape index (κ1) is 18.5. The highest BCUT2D eigenvalue weighted by Crippen LogP contribution is 2.26. The minimum atomic E-state index is -0.353. The van der Waals surface area contributed by atoms with Gasteiger partial charge in [0.15, 0.2) is 5.16 Å². The number of hydrogen-bond acceptors (Lipinski definition) is 5. The quantitative estimate of drug-likeness (QED) is 0.375. The molecule has 0 aliphatic carbocycles. The van der Waals surface area contributed by atoms with Gasteiger partial charge < -0.3 is 4.74 Å². The molecule has 0 radical (unpaired) electrons. The van der Waals surface area contributed by atoms with Crippen LogP contribution in [-0.4, -0.2) is 27.9 Å².